The number of carbonyl (C=O) groups excluding carboxylic acids is 2. The lowest BCUT2D eigenvalue weighted by Gasteiger charge is -2.08. The average Bonchev–Trinajstić information content (AvgIpc) is 3.37. The number of amides is 2. The molecule has 32 heavy (non-hydrogen) atoms. The van der Waals surface area contributed by atoms with Gasteiger partial charge in [-0.1, -0.05) is 30.3 Å². The fourth-order valence-electron chi connectivity index (χ4n) is 3.03. The van der Waals surface area contributed by atoms with Crippen molar-refractivity contribution in [3.8, 4) is 5.75 Å². The molecule has 162 valence electrons. The first-order valence-corrected chi connectivity index (χ1v) is 10.8. The molecule has 0 unspecified atom stereocenters. The van der Waals surface area contributed by atoms with E-state index < -0.39 is 0 Å². The Hall–Kier alpha value is -3.98. The van der Waals surface area contributed by atoms with Crippen LogP contribution in [-0.2, 0) is 11.3 Å². The maximum atomic E-state index is 12.4. The summed E-state index contributed by atoms with van der Waals surface area (Å²) in [6.07, 6.45) is 3.34. The highest BCUT2D eigenvalue weighted by Crippen LogP contribution is 2.16. The van der Waals surface area contributed by atoms with Crippen LogP contribution in [0.3, 0.4) is 0 Å². The fraction of sp³-hybridized carbons (Fsp3) is 0.130. The largest absolute Gasteiger partial charge is 0.484 e. The second-order valence-corrected chi connectivity index (χ2v) is 7.79. The highest BCUT2D eigenvalue weighted by molar-refractivity contribution is 7.15. The minimum atomic E-state index is -0.328. The van der Waals surface area contributed by atoms with E-state index in [1.54, 1.807) is 41.8 Å². The molecule has 0 spiro atoms. The maximum absolute atomic E-state index is 12.4. The molecule has 2 heterocycles. The van der Waals surface area contributed by atoms with E-state index in [4.69, 9.17) is 4.74 Å². The van der Waals surface area contributed by atoms with E-state index >= 15 is 0 Å². The van der Waals surface area contributed by atoms with Crippen LogP contribution in [-0.4, -0.2) is 34.0 Å². The molecule has 0 fully saturated rings. The van der Waals surface area contributed by atoms with Crippen LogP contribution in [0, 0.1) is 6.92 Å². The second kappa shape index (κ2) is 9.88. The van der Waals surface area contributed by atoms with E-state index in [0.29, 0.717) is 23.7 Å². The van der Waals surface area contributed by atoms with Crippen molar-refractivity contribution in [3.05, 3.63) is 88.7 Å². The first kappa shape index (κ1) is 21.3. The number of aryl methyl sites for hydroxylation is 1. The zero-order valence-corrected chi connectivity index (χ0v) is 18.1. The molecular weight excluding hydrogens is 426 g/mol. The van der Waals surface area contributed by atoms with Gasteiger partial charge in [-0.15, -0.1) is 11.3 Å². The number of rotatable bonds is 8. The predicted octanol–water partition coefficient (Wildman–Crippen LogP) is 3.16. The Labute approximate surface area is 188 Å². The molecule has 2 N–H and O–H groups in total. The SMILES string of the molecule is Cc1nc2sccn2c1C(=O)N/N=C\c1ccc(OCC(=O)NCc2ccccc2)cc1. The highest BCUT2D eigenvalue weighted by Gasteiger charge is 2.16. The van der Waals surface area contributed by atoms with E-state index in [2.05, 4.69) is 20.8 Å². The fourth-order valence-corrected chi connectivity index (χ4v) is 3.79. The van der Waals surface area contributed by atoms with Gasteiger partial charge in [-0.25, -0.2) is 10.4 Å². The molecule has 0 atom stereocenters. The molecule has 2 aromatic carbocycles. The van der Waals surface area contributed by atoms with Gasteiger partial charge in [-0.3, -0.25) is 14.0 Å². The third-order valence-electron chi connectivity index (χ3n) is 4.61. The Morgan fingerprint density at radius 2 is 1.94 bits per heavy atom. The van der Waals surface area contributed by atoms with Gasteiger partial charge in [0.15, 0.2) is 11.6 Å². The molecule has 4 aromatic rings. The molecule has 0 aliphatic rings. The number of carbonyl (C=O) groups is 2. The molecule has 0 radical (unpaired) electrons. The van der Waals surface area contributed by atoms with Gasteiger partial charge in [-0.05, 0) is 42.3 Å². The summed E-state index contributed by atoms with van der Waals surface area (Å²) < 4.78 is 7.26. The summed E-state index contributed by atoms with van der Waals surface area (Å²) in [5.41, 5.74) is 5.45. The number of hydrogen-bond acceptors (Lipinski definition) is 6. The van der Waals surface area contributed by atoms with Gasteiger partial charge in [-0.2, -0.15) is 5.10 Å². The first-order valence-electron chi connectivity index (χ1n) is 9.89. The van der Waals surface area contributed by atoms with Crippen molar-refractivity contribution in [2.24, 2.45) is 5.10 Å². The summed E-state index contributed by atoms with van der Waals surface area (Å²) in [4.78, 5) is 29.5. The van der Waals surface area contributed by atoms with Gasteiger partial charge >= 0.3 is 0 Å². The molecule has 9 heteroatoms. The molecule has 0 saturated heterocycles. The number of benzene rings is 2. The topological polar surface area (TPSA) is 97.1 Å². The normalized spacial score (nSPS) is 11.0. The van der Waals surface area contributed by atoms with Crippen molar-refractivity contribution in [2.45, 2.75) is 13.5 Å². The number of fused-ring (bicyclic) bond motifs is 1. The zero-order chi connectivity index (χ0) is 22.3. The quantitative estimate of drug-likeness (QED) is 0.320. The Kier molecular flexibility index (Phi) is 6.57. The monoisotopic (exact) mass is 447 g/mol. The van der Waals surface area contributed by atoms with E-state index in [-0.39, 0.29) is 18.4 Å². The van der Waals surface area contributed by atoms with E-state index in [1.807, 2.05) is 35.7 Å². The third kappa shape index (κ3) is 5.19. The Bertz CT molecular complexity index is 1250. The summed E-state index contributed by atoms with van der Waals surface area (Å²) in [7, 11) is 0. The lowest BCUT2D eigenvalue weighted by Crippen LogP contribution is -2.28. The van der Waals surface area contributed by atoms with Crippen LogP contribution in [0.5, 0.6) is 5.75 Å². The number of nitrogens with one attached hydrogen (secondary N) is 2. The van der Waals surface area contributed by atoms with E-state index in [1.165, 1.54) is 17.6 Å². The van der Waals surface area contributed by atoms with Gasteiger partial charge in [0.05, 0.1) is 11.9 Å². The van der Waals surface area contributed by atoms with Crippen molar-refractivity contribution in [1.82, 2.24) is 20.1 Å². The van der Waals surface area contributed by atoms with Crippen LogP contribution in [0.1, 0.15) is 27.3 Å². The van der Waals surface area contributed by atoms with Crippen LogP contribution in [0.15, 0.2) is 71.3 Å². The van der Waals surface area contributed by atoms with Crippen LogP contribution in [0.4, 0.5) is 0 Å². The number of hydrogen-bond donors (Lipinski definition) is 2. The number of imidazole rings is 1. The van der Waals surface area contributed by atoms with Crippen LogP contribution in [0.2, 0.25) is 0 Å². The molecule has 2 amide bonds. The standard InChI is InChI=1S/C23H21N5O3S/c1-16-21(28-11-12-32-23(28)26-16)22(30)27-25-14-18-7-9-19(10-8-18)31-15-20(29)24-13-17-5-3-2-4-6-17/h2-12,14H,13,15H2,1H3,(H,24,29)(H,27,30)/b25-14-. The Balaban J connectivity index is 1.25. The number of thiazole rings is 1. The third-order valence-corrected chi connectivity index (χ3v) is 5.37. The van der Waals surface area contributed by atoms with E-state index in [9.17, 15) is 9.59 Å². The van der Waals surface area contributed by atoms with Gasteiger partial charge in [0.1, 0.15) is 11.4 Å². The molecular formula is C23H21N5O3S. The lowest BCUT2D eigenvalue weighted by atomic mass is 10.2. The van der Waals surface area contributed by atoms with Crippen molar-refractivity contribution >= 4 is 34.3 Å². The molecule has 0 saturated carbocycles. The molecule has 0 aliphatic heterocycles. The maximum Gasteiger partial charge on any atom is 0.290 e. The van der Waals surface area contributed by atoms with Crippen LogP contribution >= 0.6 is 11.3 Å². The smallest absolute Gasteiger partial charge is 0.290 e. The lowest BCUT2D eigenvalue weighted by molar-refractivity contribution is -0.123. The van der Waals surface area contributed by atoms with Gasteiger partial charge in [0, 0.05) is 18.1 Å². The summed E-state index contributed by atoms with van der Waals surface area (Å²) in [5.74, 6) is 0.0407. The van der Waals surface area contributed by atoms with Crippen molar-refractivity contribution in [1.29, 1.82) is 0 Å². The Morgan fingerprint density at radius 3 is 2.72 bits per heavy atom. The average molecular weight is 448 g/mol. The second-order valence-electron chi connectivity index (χ2n) is 6.92. The molecule has 0 aliphatic carbocycles. The Morgan fingerprint density at radius 1 is 1.16 bits per heavy atom. The minimum Gasteiger partial charge on any atom is -0.484 e. The molecule has 8 nitrogen and oxygen atoms in total. The van der Waals surface area contributed by atoms with Gasteiger partial charge in [0.25, 0.3) is 11.8 Å². The predicted molar refractivity (Wildman–Crippen MR) is 123 cm³/mol. The zero-order valence-electron chi connectivity index (χ0n) is 17.3. The number of aromatic nitrogens is 2. The molecule has 2 aromatic heterocycles. The minimum absolute atomic E-state index is 0.0713. The summed E-state index contributed by atoms with van der Waals surface area (Å²) in [6.45, 7) is 2.18. The summed E-state index contributed by atoms with van der Waals surface area (Å²) in [6, 6.07) is 16.7. The number of ether oxygens (including phenoxy) is 1. The van der Waals surface area contributed by atoms with E-state index in [0.717, 1.165) is 16.1 Å². The first-order chi connectivity index (χ1) is 15.6. The van der Waals surface area contributed by atoms with Crippen molar-refractivity contribution < 1.29 is 14.3 Å². The highest BCUT2D eigenvalue weighted by atomic mass is 32.1. The van der Waals surface area contributed by atoms with Crippen LogP contribution < -0.4 is 15.5 Å². The van der Waals surface area contributed by atoms with Gasteiger partial charge in [0.2, 0.25) is 0 Å². The van der Waals surface area contributed by atoms with Gasteiger partial charge < -0.3 is 10.1 Å². The summed E-state index contributed by atoms with van der Waals surface area (Å²) >= 11 is 1.47. The number of hydrazone groups is 1. The van der Waals surface area contributed by atoms with Crippen LogP contribution in [0.25, 0.3) is 4.96 Å². The summed E-state index contributed by atoms with van der Waals surface area (Å²) in [5, 5.41) is 8.71. The molecule has 4 rings (SSSR count). The van der Waals surface area contributed by atoms with Crippen molar-refractivity contribution in [3.63, 3.8) is 0 Å². The molecule has 0 bridgehead atoms. The number of nitrogens with zero attached hydrogens (tertiary/aromatic N) is 3. The van der Waals surface area contributed by atoms with Crippen molar-refractivity contribution in [2.75, 3.05) is 6.61 Å².